The van der Waals surface area contributed by atoms with Gasteiger partial charge >= 0.3 is 0 Å². The Morgan fingerprint density at radius 2 is 1.69 bits per heavy atom. The fourth-order valence-corrected chi connectivity index (χ4v) is 5.64. The maximum absolute atomic E-state index is 13.9. The Labute approximate surface area is 294 Å². The van der Waals surface area contributed by atoms with Gasteiger partial charge in [0.15, 0.2) is 0 Å². The van der Waals surface area contributed by atoms with Crippen molar-refractivity contribution in [2.24, 2.45) is 0 Å². The molecule has 9 nitrogen and oxygen atoms in total. The predicted molar refractivity (Wildman–Crippen MR) is 187 cm³/mol. The maximum atomic E-state index is 13.9. The largest absolute Gasteiger partial charge is 0.356 e. The fourth-order valence-electron chi connectivity index (χ4n) is 5.16. The molecule has 0 radical (unpaired) electrons. The molecule has 0 aliphatic carbocycles. The number of halogens is 3. The Morgan fingerprint density at radius 1 is 0.918 bits per heavy atom. The number of pyridine rings is 1. The third kappa shape index (κ3) is 11.8. The minimum atomic E-state index is -1.20. The summed E-state index contributed by atoms with van der Waals surface area (Å²) in [6, 6.07) is 21.1. The second-order valence-electron chi connectivity index (χ2n) is 11.4. The highest BCUT2D eigenvalue weighted by atomic mass is 35.5. The monoisotopic (exact) mass is 700 g/mol. The summed E-state index contributed by atoms with van der Waals surface area (Å²) in [7, 11) is 0. The van der Waals surface area contributed by atoms with E-state index in [9.17, 15) is 24.0 Å². The number of hydrogen-bond donors (Lipinski definition) is 4. The van der Waals surface area contributed by atoms with E-state index in [1.165, 1.54) is 18.2 Å². The molecule has 1 aromatic heterocycles. The van der Waals surface area contributed by atoms with Crippen LogP contribution in [0.3, 0.4) is 0 Å². The summed E-state index contributed by atoms with van der Waals surface area (Å²) in [4.78, 5) is 44.3. The second-order valence-corrected chi connectivity index (χ2v) is 12.3. The molecule has 0 saturated heterocycles. The van der Waals surface area contributed by atoms with Crippen LogP contribution in [-0.2, 0) is 40.1 Å². The first-order valence-corrected chi connectivity index (χ1v) is 16.4. The lowest BCUT2D eigenvalue weighted by molar-refractivity contribution is -0.127. The number of carbonyl (C=O) groups excluding carboxylic acids is 3. The minimum Gasteiger partial charge on any atom is -0.356 e. The fraction of sp³-hybridized carbons (Fsp3) is 0.243. The van der Waals surface area contributed by atoms with E-state index in [1.807, 2.05) is 12.1 Å². The molecule has 4 N–H and O–H groups in total. The van der Waals surface area contributed by atoms with Crippen molar-refractivity contribution in [1.82, 2.24) is 20.9 Å². The number of aromatic nitrogens is 1. The zero-order chi connectivity index (χ0) is 35.2. The van der Waals surface area contributed by atoms with Crippen molar-refractivity contribution in [3.05, 3.63) is 135 Å². The van der Waals surface area contributed by atoms with Crippen molar-refractivity contribution in [3.8, 4) is 6.07 Å². The van der Waals surface area contributed by atoms with Crippen LogP contribution in [0.5, 0.6) is 0 Å². The highest BCUT2D eigenvalue weighted by Gasteiger charge is 2.27. The molecule has 4 rings (SSSR count). The van der Waals surface area contributed by atoms with Crippen LogP contribution in [-0.4, -0.2) is 47.0 Å². The van der Waals surface area contributed by atoms with Crippen LogP contribution in [0.1, 0.15) is 40.7 Å². The van der Waals surface area contributed by atoms with Gasteiger partial charge in [0, 0.05) is 54.3 Å². The molecular formula is C37H35Cl2FN6O3. The molecule has 0 saturated carbocycles. The third-order valence-corrected chi connectivity index (χ3v) is 8.29. The molecule has 4 aromatic rings. The van der Waals surface area contributed by atoms with Gasteiger partial charge in [0.1, 0.15) is 17.6 Å². The van der Waals surface area contributed by atoms with Gasteiger partial charge in [-0.1, -0.05) is 65.7 Å². The van der Waals surface area contributed by atoms with Crippen molar-refractivity contribution >= 4 is 46.6 Å². The van der Waals surface area contributed by atoms with Gasteiger partial charge in [-0.15, -0.1) is 0 Å². The van der Waals surface area contributed by atoms with Crippen molar-refractivity contribution in [1.29, 1.82) is 10.7 Å². The Balaban J connectivity index is 1.49. The smallest absolute Gasteiger partial charge is 0.265 e. The van der Waals surface area contributed by atoms with E-state index in [1.54, 1.807) is 60.9 Å². The number of carbonyl (C=O) groups is 3. The Bertz CT molecular complexity index is 1820. The Morgan fingerprint density at radius 3 is 2.41 bits per heavy atom. The van der Waals surface area contributed by atoms with E-state index >= 15 is 0 Å². The van der Waals surface area contributed by atoms with Gasteiger partial charge in [-0.25, -0.2) is 4.39 Å². The van der Waals surface area contributed by atoms with Gasteiger partial charge in [0.05, 0.1) is 11.6 Å². The molecule has 252 valence electrons. The lowest BCUT2D eigenvalue weighted by atomic mass is 9.99. The number of rotatable bonds is 16. The number of benzene rings is 3. The van der Waals surface area contributed by atoms with E-state index in [-0.39, 0.29) is 42.3 Å². The van der Waals surface area contributed by atoms with Crippen LogP contribution in [0.25, 0.3) is 0 Å². The highest BCUT2D eigenvalue weighted by Crippen LogP contribution is 2.22. The SMILES string of the molecule is N#Cc1ccccc1CC(=N)C(=O)N[C@H](Cc1ccc(Cl)cc1Cl)C(=O)N[C@H](CC(=O)NCCCc1cccnc1)Cc1ccc(F)cc1. The van der Waals surface area contributed by atoms with E-state index in [2.05, 4.69) is 27.0 Å². The van der Waals surface area contributed by atoms with Crippen LogP contribution in [0, 0.1) is 22.6 Å². The number of hydrogen-bond acceptors (Lipinski definition) is 6. The Kier molecular flexibility index (Phi) is 13.8. The minimum absolute atomic E-state index is 0.0422. The van der Waals surface area contributed by atoms with Crippen molar-refractivity contribution in [3.63, 3.8) is 0 Å². The molecule has 0 fully saturated rings. The highest BCUT2D eigenvalue weighted by molar-refractivity contribution is 6.38. The van der Waals surface area contributed by atoms with Crippen molar-refractivity contribution in [2.45, 2.75) is 50.6 Å². The van der Waals surface area contributed by atoms with E-state index in [0.29, 0.717) is 40.2 Å². The number of nitriles is 1. The summed E-state index contributed by atoms with van der Waals surface area (Å²) in [5.41, 5.74) is 2.74. The molecule has 3 aromatic carbocycles. The second kappa shape index (κ2) is 18.4. The lowest BCUT2D eigenvalue weighted by Gasteiger charge is -2.24. The third-order valence-electron chi connectivity index (χ3n) is 7.70. The van der Waals surface area contributed by atoms with Gasteiger partial charge in [-0.05, 0) is 77.9 Å². The van der Waals surface area contributed by atoms with Crippen LogP contribution in [0.2, 0.25) is 10.0 Å². The molecule has 3 amide bonds. The van der Waals surface area contributed by atoms with Crippen LogP contribution in [0.15, 0.2) is 91.3 Å². The zero-order valence-electron chi connectivity index (χ0n) is 26.5. The summed E-state index contributed by atoms with van der Waals surface area (Å²) in [6.07, 6.45) is 4.84. The molecule has 0 aliphatic heterocycles. The molecule has 12 heteroatoms. The summed E-state index contributed by atoms with van der Waals surface area (Å²) in [5, 5.41) is 27.0. The van der Waals surface area contributed by atoms with Crippen LogP contribution in [0.4, 0.5) is 4.39 Å². The molecule has 0 spiro atoms. The molecule has 2 atom stereocenters. The summed E-state index contributed by atoms with van der Waals surface area (Å²) < 4.78 is 13.6. The summed E-state index contributed by atoms with van der Waals surface area (Å²) >= 11 is 12.5. The summed E-state index contributed by atoms with van der Waals surface area (Å²) in [6.45, 7) is 0.412. The first-order chi connectivity index (χ1) is 23.6. The van der Waals surface area contributed by atoms with Gasteiger partial charge in [-0.3, -0.25) is 24.8 Å². The normalized spacial score (nSPS) is 11.9. The predicted octanol–water partition coefficient (Wildman–Crippen LogP) is 5.56. The molecule has 0 unspecified atom stereocenters. The zero-order valence-corrected chi connectivity index (χ0v) is 28.0. The summed E-state index contributed by atoms with van der Waals surface area (Å²) in [5.74, 6) is -2.13. The van der Waals surface area contributed by atoms with Crippen LogP contribution < -0.4 is 16.0 Å². The molecular weight excluding hydrogens is 666 g/mol. The standard InChI is InChI=1S/C37H35Cl2FN6O3/c38-29-12-11-27(32(39)20-29)19-34(46-36(48)33(42)18-26-7-1-2-8-28(26)22-41)37(49)45-31(17-24-9-13-30(40)14-10-24)21-35(47)44-16-4-6-25-5-3-15-43-23-25/h1-3,5,7-15,20,23,31,34,42H,4,6,16-19,21H2,(H,44,47)(H,45,49)(H,46,48)/t31-,34+/m0/s1. The van der Waals surface area contributed by atoms with Crippen molar-refractivity contribution in [2.75, 3.05) is 6.54 Å². The van der Waals surface area contributed by atoms with Gasteiger partial charge in [0.25, 0.3) is 5.91 Å². The maximum Gasteiger partial charge on any atom is 0.265 e. The quantitative estimate of drug-likeness (QED) is 0.0893. The number of aryl methyl sites for hydroxylation is 1. The average molecular weight is 702 g/mol. The van der Waals surface area contributed by atoms with Gasteiger partial charge < -0.3 is 16.0 Å². The molecule has 49 heavy (non-hydrogen) atoms. The molecule has 0 bridgehead atoms. The van der Waals surface area contributed by atoms with E-state index < -0.39 is 29.7 Å². The topological polar surface area (TPSA) is 148 Å². The average Bonchev–Trinajstić information content (AvgIpc) is 3.09. The Hall–Kier alpha value is -5.11. The van der Waals surface area contributed by atoms with Crippen LogP contribution >= 0.6 is 23.2 Å². The first kappa shape index (κ1) is 36.7. The van der Waals surface area contributed by atoms with E-state index in [4.69, 9.17) is 28.6 Å². The molecule has 1 heterocycles. The number of nitrogens with zero attached hydrogens (tertiary/aromatic N) is 2. The van der Waals surface area contributed by atoms with Gasteiger partial charge in [-0.2, -0.15) is 5.26 Å². The molecule has 0 aliphatic rings. The number of amides is 3. The van der Waals surface area contributed by atoms with Crippen molar-refractivity contribution < 1.29 is 18.8 Å². The van der Waals surface area contributed by atoms with Gasteiger partial charge in [0.2, 0.25) is 11.8 Å². The lowest BCUT2D eigenvalue weighted by Crippen LogP contribution is -2.53. The number of nitrogens with one attached hydrogen (secondary N) is 4. The first-order valence-electron chi connectivity index (χ1n) is 15.6. The van der Waals surface area contributed by atoms with E-state index in [0.717, 1.165) is 12.0 Å².